The maximum Gasteiger partial charge on any atom is 0.187 e. The second kappa shape index (κ2) is 6.76. The zero-order valence-corrected chi connectivity index (χ0v) is 12.8. The number of carbonyl (C=O) groups excluding carboxylic acids is 1. The first kappa shape index (κ1) is 15.6. The summed E-state index contributed by atoms with van der Waals surface area (Å²) in [7, 11) is 1.75. The summed E-state index contributed by atoms with van der Waals surface area (Å²) in [4.78, 5) is 11.8. The third-order valence-electron chi connectivity index (χ3n) is 3.75. The number of aryl methyl sites for hydroxylation is 1. The molecule has 0 N–H and O–H groups in total. The van der Waals surface area contributed by atoms with Crippen molar-refractivity contribution in [2.75, 3.05) is 6.61 Å². The highest BCUT2D eigenvalue weighted by molar-refractivity contribution is 5.48. The van der Waals surface area contributed by atoms with E-state index in [0.717, 1.165) is 24.7 Å². The summed E-state index contributed by atoms with van der Waals surface area (Å²) in [6.45, 7) is 4.73. The zero-order valence-electron chi connectivity index (χ0n) is 12.8. The van der Waals surface area contributed by atoms with Crippen molar-refractivity contribution in [2.24, 2.45) is 7.05 Å². The number of aldehydes is 1. The van der Waals surface area contributed by atoms with Gasteiger partial charge >= 0.3 is 0 Å². The van der Waals surface area contributed by atoms with Gasteiger partial charge in [-0.05, 0) is 37.5 Å². The molecule has 114 valence electrons. The molecule has 0 spiro atoms. The van der Waals surface area contributed by atoms with Gasteiger partial charge in [0, 0.05) is 13.0 Å². The van der Waals surface area contributed by atoms with Gasteiger partial charge in [0.05, 0.1) is 18.6 Å². The Labute approximate surface area is 124 Å². The molecular weight excluding hydrogens is 268 g/mol. The van der Waals surface area contributed by atoms with E-state index in [-0.39, 0.29) is 6.10 Å². The van der Waals surface area contributed by atoms with E-state index in [1.807, 2.05) is 19.1 Å². The van der Waals surface area contributed by atoms with E-state index in [0.29, 0.717) is 18.9 Å². The van der Waals surface area contributed by atoms with Crippen LogP contribution >= 0.6 is 0 Å². The smallest absolute Gasteiger partial charge is 0.187 e. The second-order valence-electron chi connectivity index (χ2n) is 5.57. The van der Waals surface area contributed by atoms with E-state index in [2.05, 4.69) is 28.4 Å². The van der Waals surface area contributed by atoms with Gasteiger partial charge in [0.2, 0.25) is 0 Å². The van der Waals surface area contributed by atoms with E-state index in [1.54, 1.807) is 7.05 Å². The van der Waals surface area contributed by atoms with E-state index < -0.39 is 5.41 Å². The van der Waals surface area contributed by atoms with Crippen molar-refractivity contribution in [3.05, 3.63) is 29.6 Å². The fourth-order valence-corrected chi connectivity index (χ4v) is 2.57. The van der Waals surface area contributed by atoms with E-state index in [1.165, 1.54) is 4.80 Å². The number of tetrazole rings is 1. The molecule has 0 radical (unpaired) electrons. The molecule has 0 amide bonds. The molecule has 1 aromatic heterocycles. The number of rotatable bonds is 7. The van der Waals surface area contributed by atoms with Gasteiger partial charge in [-0.25, -0.2) is 0 Å². The molecule has 6 nitrogen and oxygen atoms in total. The SMILES string of the molecule is CC1=CC=CC(C)(c2nnn(C)n2)C1OCCCCC=O. The van der Waals surface area contributed by atoms with Gasteiger partial charge < -0.3 is 9.53 Å². The van der Waals surface area contributed by atoms with Gasteiger partial charge in [0.15, 0.2) is 5.82 Å². The van der Waals surface area contributed by atoms with Crippen LogP contribution < -0.4 is 0 Å². The van der Waals surface area contributed by atoms with E-state index in [9.17, 15) is 4.79 Å². The van der Waals surface area contributed by atoms with Crippen molar-refractivity contribution >= 4 is 6.29 Å². The van der Waals surface area contributed by atoms with Crippen molar-refractivity contribution in [3.63, 3.8) is 0 Å². The molecule has 1 heterocycles. The molecule has 0 saturated carbocycles. The van der Waals surface area contributed by atoms with Crippen LogP contribution in [0.2, 0.25) is 0 Å². The summed E-state index contributed by atoms with van der Waals surface area (Å²) in [6, 6.07) is 0. The van der Waals surface area contributed by atoms with Gasteiger partial charge in [0.25, 0.3) is 0 Å². The van der Waals surface area contributed by atoms with Crippen LogP contribution in [0.3, 0.4) is 0 Å². The van der Waals surface area contributed by atoms with Crippen LogP contribution in [0.4, 0.5) is 0 Å². The first-order chi connectivity index (χ1) is 10.1. The highest BCUT2D eigenvalue weighted by Crippen LogP contribution is 2.35. The summed E-state index contributed by atoms with van der Waals surface area (Å²) in [5.41, 5.74) is 0.723. The summed E-state index contributed by atoms with van der Waals surface area (Å²) in [6.07, 6.45) is 9.28. The molecule has 6 heteroatoms. The minimum Gasteiger partial charge on any atom is -0.372 e. The topological polar surface area (TPSA) is 69.9 Å². The second-order valence-corrected chi connectivity index (χ2v) is 5.57. The Bertz CT molecular complexity index is 550. The molecule has 0 bridgehead atoms. The third-order valence-corrected chi connectivity index (χ3v) is 3.75. The van der Waals surface area contributed by atoms with Crippen LogP contribution in [0.25, 0.3) is 0 Å². The monoisotopic (exact) mass is 290 g/mol. The summed E-state index contributed by atoms with van der Waals surface area (Å²) >= 11 is 0. The predicted molar refractivity (Wildman–Crippen MR) is 78.7 cm³/mol. The zero-order chi connectivity index (χ0) is 15.3. The fourth-order valence-electron chi connectivity index (χ4n) is 2.57. The van der Waals surface area contributed by atoms with Crippen molar-refractivity contribution in [1.82, 2.24) is 20.2 Å². The molecule has 2 unspecified atom stereocenters. The Kier molecular flexibility index (Phi) is 5.01. The maximum atomic E-state index is 10.3. The fraction of sp³-hybridized carbons (Fsp3) is 0.600. The average molecular weight is 290 g/mol. The Morgan fingerprint density at radius 1 is 1.48 bits per heavy atom. The summed E-state index contributed by atoms with van der Waals surface area (Å²) in [5, 5.41) is 12.4. The Morgan fingerprint density at radius 2 is 2.29 bits per heavy atom. The van der Waals surface area contributed by atoms with Gasteiger partial charge in [-0.2, -0.15) is 4.80 Å². The van der Waals surface area contributed by atoms with Crippen LogP contribution in [0.5, 0.6) is 0 Å². The van der Waals surface area contributed by atoms with E-state index >= 15 is 0 Å². The van der Waals surface area contributed by atoms with Crippen molar-refractivity contribution in [1.29, 1.82) is 0 Å². The first-order valence-corrected chi connectivity index (χ1v) is 7.23. The number of aromatic nitrogens is 4. The number of hydrogen-bond acceptors (Lipinski definition) is 5. The number of carbonyl (C=O) groups is 1. The van der Waals surface area contributed by atoms with Crippen LogP contribution in [0.15, 0.2) is 23.8 Å². The molecule has 2 rings (SSSR count). The number of nitrogens with zero attached hydrogens (tertiary/aromatic N) is 4. The van der Waals surface area contributed by atoms with Gasteiger partial charge in [-0.15, -0.1) is 10.2 Å². The highest BCUT2D eigenvalue weighted by Gasteiger charge is 2.40. The Hall–Kier alpha value is -1.82. The molecule has 2 atom stereocenters. The number of ether oxygens (including phenoxy) is 1. The molecule has 0 aromatic carbocycles. The van der Waals surface area contributed by atoms with Crippen molar-refractivity contribution in [3.8, 4) is 0 Å². The lowest BCUT2D eigenvalue weighted by atomic mass is 9.77. The standard InChI is InChI=1S/C15H22N4O2/c1-12-8-7-9-15(2,14-16-18-19(3)17-14)13(12)21-11-6-4-5-10-20/h7-10,13H,4-6,11H2,1-3H3. The predicted octanol–water partition coefficient (Wildman–Crippen LogP) is 1.74. The quantitative estimate of drug-likeness (QED) is 0.565. The minimum absolute atomic E-state index is 0.108. The Balaban J connectivity index is 2.09. The lowest BCUT2D eigenvalue weighted by Gasteiger charge is -2.35. The molecule has 1 aliphatic carbocycles. The number of hydrogen-bond donors (Lipinski definition) is 0. The maximum absolute atomic E-state index is 10.3. The molecule has 21 heavy (non-hydrogen) atoms. The Morgan fingerprint density at radius 3 is 2.95 bits per heavy atom. The van der Waals surface area contributed by atoms with Crippen LogP contribution in [0, 0.1) is 0 Å². The molecule has 1 aliphatic rings. The first-order valence-electron chi connectivity index (χ1n) is 7.23. The van der Waals surface area contributed by atoms with Gasteiger partial charge in [0.1, 0.15) is 6.29 Å². The van der Waals surface area contributed by atoms with Gasteiger partial charge in [-0.3, -0.25) is 0 Å². The number of unbranched alkanes of at least 4 members (excludes halogenated alkanes) is 2. The van der Waals surface area contributed by atoms with Crippen LogP contribution in [-0.4, -0.2) is 39.2 Å². The van der Waals surface area contributed by atoms with Gasteiger partial charge in [-0.1, -0.05) is 18.2 Å². The molecular formula is C15H22N4O2. The normalized spacial score (nSPS) is 24.9. The van der Waals surface area contributed by atoms with Crippen LogP contribution in [-0.2, 0) is 22.0 Å². The average Bonchev–Trinajstić information content (AvgIpc) is 2.89. The third kappa shape index (κ3) is 3.44. The minimum atomic E-state index is -0.419. The van der Waals surface area contributed by atoms with E-state index in [4.69, 9.17) is 4.74 Å². The highest BCUT2D eigenvalue weighted by atomic mass is 16.5. The van der Waals surface area contributed by atoms with Crippen LogP contribution in [0.1, 0.15) is 38.9 Å². The summed E-state index contributed by atoms with van der Waals surface area (Å²) in [5.74, 6) is 0.659. The summed E-state index contributed by atoms with van der Waals surface area (Å²) < 4.78 is 6.07. The molecule has 1 aromatic rings. The largest absolute Gasteiger partial charge is 0.372 e. The molecule has 0 saturated heterocycles. The molecule has 0 fully saturated rings. The number of allylic oxidation sites excluding steroid dienone is 2. The van der Waals surface area contributed by atoms with Crippen molar-refractivity contribution < 1.29 is 9.53 Å². The van der Waals surface area contributed by atoms with Crippen molar-refractivity contribution in [2.45, 2.75) is 44.6 Å². The lowest BCUT2D eigenvalue weighted by Crippen LogP contribution is -2.40. The lowest BCUT2D eigenvalue weighted by molar-refractivity contribution is -0.108. The molecule has 0 aliphatic heterocycles.